The molecule has 0 fully saturated rings. The van der Waals surface area contributed by atoms with Crippen molar-refractivity contribution in [1.82, 2.24) is 15.2 Å². The summed E-state index contributed by atoms with van der Waals surface area (Å²) in [4.78, 5) is 21.1. The number of fused-ring (bicyclic) bond motifs is 1. The molecule has 6 heteroatoms. The SMILES string of the molecule is CCN(CC)CCNC(=O)c1cc(Nc2cccc(SC)c2)nc2ccccc12. The third-order valence-corrected chi connectivity index (χ3v) is 5.64. The molecule has 0 saturated carbocycles. The first-order valence-electron chi connectivity index (χ1n) is 9.96. The molecule has 0 aliphatic heterocycles. The fraction of sp³-hybridized carbons (Fsp3) is 0.304. The molecule has 1 aromatic heterocycles. The molecule has 0 radical (unpaired) electrons. The minimum absolute atomic E-state index is 0.0725. The van der Waals surface area contributed by atoms with Crippen molar-refractivity contribution in [3.05, 3.63) is 60.2 Å². The van der Waals surface area contributed by atoms with E-state index in [0.717, 1.165) is 36.2 Å². The lowest BCUT2D eigenvalue weighted by Gasteiger charge is -2.18. The van der Waals surface area contributed by atoms with Crippen LogP contribution in [0.5, 0.6) is 0 Å². The van der Waals surface area contributed by atoms with Gasteiger partial charge in [-0.05, 0) is 49.7 Å². The number of anilines is 2. The Morgan fingerprint density at radius 2 is 1.86 bits per heavy atom. The van der Waals surface area contributed by atoms with Gasteiger partial charge in [0.2, 0.25) is 0 Å². The lowest BCUT2D eigenvalue weighted by Crippen LogP contribution is -2.34. The summed E-state index contributed by atoms with van der Waals surface area (Å²) in [6.07, 6.45) is 2.05. The molecule has 152 valence electrons. The van der Waals surface area contributed by atoms with Crippen LogP contribution in [0, 0.1) is 0 Å². The molecule has 2 N–H and O–H groups in total. The quantitative estimate of drug-likeness (QED) is 0.500. The Morgan fingerprint density at radius 1 is 1.07 bits per heavy atom. The van der Waals surface area contributed by atoms with Gasteiger partial charge in [0.05, 0.1) is 11.1 Å². The highest BCUT2D eigenvalue weighted by Gasteiger charge is 2.13. The van der Waals surface area contributed by atoms with E-state index >= 15 is 0 Å². The predicted molar refractivity (Wildman–Crippen MR) is 123 cm³/mol. The summed E-state index contributed by atoms with van der Waals surface area (Å²) in [6, 6.07) is 17.7. The molecule has 0 atom stereocenters. The maximum atomic E-state index is 12.9. The van der Waals surface area contributed by atoms with Crippen LogP contribution in [0.3, 0.4) is 0 Å². The van der Waals surface area contributed by atoms with Gasteiger partial charge in [-0.25, -0.2) is 4.98 Å². The van der Waals surface area contributed by atoms with Crippen molar-refractivity contribution < 1.29 is 4.79 Å². The Hall–Kier alpha value is -2.57. The molecule has 0 spiro atoms. The highest BCUT2D eigenvalue weighted by molar-refractivity contribution is 7.98. The third kappa shape index (κ3) is 5.49. The van der Waals surface area contributed by atoms with Crippen molar-refractivity contribution in [2.45, 2.75) is 18.7 Å². The van der Waals surface area contributed by atoms with Gasteiger partial charge in [0, 0.05) is 29.1 Å². The molecule has 0 aliphatic carbocycles. The van der Waals surface area contributed by atoms with Crippen molar-refractivity contribution >= 4 is 40.1 Å². The number of thioether (sulfide) groups is 1. The number of carbonyl (C=O) groups is 1. The minimum atomic E-state index is -0.0725. The lowest BCUT2D eigenvalue weighted by molar-refractivity contribution is 0.0950. The highest BCUT2D eigenvalue weighted by atomic mass is 32.2. The van der Waals surface area contributed by atoms with Crippen LogP contribution < -0.4 is 10.6 Å². The summed E-state index contributed by atoms with van der Waals surface area (Å²) in [5.74, 6) is 0.590. The van der Waals surface area contributed by atoms with Crippen LogP contribution in [0.15, 0.2) is 59.5 Å². The van der Waals surface area contributed by atoms with Crippen LogP contribution in [0.1, 0.15) is 24.2 Å². The summed E-state index contributed by atoms with van der Waals surface area (Å²) in [6.45, 7) is 7.68. The molecule has 0 aliphatic rings. The smallest absolute Gasteiger partial charge is 0.252 e. The second-order valence-electron chi connectivity index (χ2n) is 6.71. The average molecular weight is 409 g/mol. The Balaban J connectivity index is 1.84. The zero-order chi connectivity index (χ0) is 20.6. The van der Waals surface area contributed by atoms with Gasteiger partial charge < -0.3 is 15.5 Å². The fourth-order valence-corrected chi connectivity index (χ4v) is 3.70. The maximum absolute atomic E-state index is 12.9. The Kier molecular flexibility index (Phi) is 7.49. The first-order chi connectivity index (χ1) is 14.1. The zero-order valence-electron chi connectivity index (χ0n) is 17.2. The number of para-hydroxylation sites is 1. The van der Waals surface area contributed by atoms with Gasteiger partial charge in [-0.1, -0.05) is 38.1 Å². The van der Waals surface area contributed by atoms with Crippen LogP contribution in [-0.4, -0.2) is 48.2 Å². The first-order valence-corrected chi connectivity index (χ1v) is 11.2. The molecule has 2 aromatic carbocycles. The van der Waals surface area contributed by atoms with Gasteiger partial charge in [-0.3, -0.25) is 4.79 Å². The zero-order valence-corrected chi connectivity index (χ0v) is 18.1. The number of rotatable bonds is 9. The van der Waals surface area contributed by atoms with Crippen molar-refractivity contribution in [2.24, 2.45) is 0 Å². The highest BCUT2D eigenvalue weighted by Crippen LogP contribution is 2.25. The number of amides is 1. The van der Waals surface area contributed by atoms with E-state index in [4.69, 9.17) is 4.98 Å². The van der Waals surface area contributed by atoms with Gasteiger partial charge in [0.1, 0.15) is 5.82 Å². The van der Waals surface area contributed by atoms with Crippen LogP contribution in [-0.2, 0) is 0 Å². The summed E-state index contributed by atoms with van der Waals surface area (Å²) < 4.78 is 0. The molecular formula is C23H28N4OS. The third-order valence-electron chi connectivity index (χ3n) is 4.91. The van der Waals surface area contributed by atoms with E-state index in [1.165, 1.54) is 4.90 Å². The summed E-state index contributed by atoms with van der Waals surface area (Å²) in [5, 5.41) is 7.26. The number of likely N-dealkylation sites (N-methyl/N-ethyl adjacent to an activating group) is 1. The number of aromatic nitrogens is 1. The number of hydrogen-bond acceptors (Lipinski definition) is 5. The number of nitrogens with one attached hydrogen (secondary N) is 2. The van der Waals surface area contributed by atoms with E-state index in [0.29, 0.717) is 17.9 Å². The number of benzene rings is 2. The van der Waals surface area contributed by atoms with Crippen molar-refractivity contribution in [1.29, 1.82) is 0 Å². The molecule has 29 heavy (non-hydrogen) atoms. The fourth-order valence-electron chi connectivity index (χ4n) is 3.24. The van der Waals surface area contributed by atoms with Crippen LogP contribution in [0.4, 0.5) is 11.5 Å². The van der Waals surface area contributed by atoms with Crippen molar-refractivity contribution in [3.63, 3.8) is 0 Å². The predicted octanol–water partition coefficient (Wildman–Crippen LogP) is 4.77. The van der Waals surface area contributed by atoms with Gasteiger partial charge in [-0.2, -0.15) is 0 Å². The van der Waals surface area contributed by atoms with Crippen LogP contribution >= 0.6 is 11.8 Å². The van der Waals surface area contributed by atoms with E-state index < -0.39 is 0 Å². The van der Waals surface area contributed by atoms with E-state index in [1.807, 2.05) is 48.7 Å². The Bertz CT molecular complexity index is 972. The number of carbonyl (C=O) groups excluding carboxylic acids is 1. The number of hydrogen-bond donors (Lipinski definition) is 2. The normalized spacial score (nSPS) is 11.0. The van der Waals surface area contributed by atoms with Gasteiger partial charge in [-0.15, -0.1) is 11.8 Å². The molecule has 1 amide bonds. The monoisotopic (exact) mass is 408 g/mol. The van der Waals surface area contributed by atoms with E-state index in [9.17, 15) is 4.79 Å². The molecule has 5 nitrogen and oxygen atoms in total. The van der Waals surface area contributed by atoms with Gasteiger partial charge in [0.15, 0.2) is 0 Å². The van der Waals surface area contributed by atoms with Crippen molar-refractivity contribution in [2.75, 3.05) is 37.8 Å². The summed E-state index contributed by atoms with van der Waals surface area (Å²) in [5.41, 5.74) is 2.39. The number of nitrogens with zero attached hydrogens (tertiary/aromatic N) is 2. The molecular weight excluding hydrogens is 380 g/mol. The Morgan fingerprint density at radius 3 is 2.62 bits per heavy atom. The molecule has 1 heterocycles. The second-order valence-corrected chi connectivity index (χ2v) is 7.59. The van der Waals surface area contributed by atoms with Gasteiger partial charge in [0.25, 0.3) is 5.91 Å². The van der Waals surface area contributed by atoms with E-state index in [1.54, 1.807) is 11.8 Å². The molecule has 0 unspecified atom stereocenters. The molecule has 3 rings (SSSR count). The standard InChI is InChI=1S/C23H28N4OS/c1-4-27(5-2)14-13-24-23(28)20-16-22(26-21-12-7-6-11-19(20)21)25-17-9-8-10-18(15-17)29-3/h6-12,15-16H,4-5,13-14H2,1-3H3,(H,24,28)(H,25,26). The van der Waals surface area contributed by atoms with Crippen LogP contribution in [0.25, 0.3) is 10.9 Å². The van der Waals surface area contributed by atoms with E-state index in [2.05, 4.69) is 41.5 Å². The Labute approximate surface area is 176 Å². The first kappa shape index (κ1) is 21.1. The lowest BCUT2D eigenvalue weighted by atomic mass is 10.1. The average Bonchev–Trinajstić information content (AvgIpc) is 2.76. The molecule has 0 saturated heterocycles. The molecule has 0 bridgehead atoms. The number of pyridine rings is 1. The minimum Gasteiger partial charge on any atom is -0.351 e. The summed E-state index contributed by atoms with van der Waals surface area (Å²) >= 11 is 1.69. The topological polar surface area (TPSA) is 57.3 Å². The largest absolute Gasteiger partial charge is 0.351 e. The second kappa shape index (κ2) is 10.3. The van der Waals surface area contributed by atoms with Crippen molar-refractivity contribution in [3.8, 4) is 0 Å². The summed E-state index contributed by atoms with van der Waals surface area (Å²) in [7, 11) is 0. The molecule has 3 aromatic rings. The van der Waals surface area contributed by atoms with Gasteiger partial charge >= 0.3 is 0 Å². The van der Waals surface area contributed by atoms with Crippen LogP contribution in [0.2, 0.25) is 0 Å². The maximum Gasteiger partial charge on any atom is 0.252 e. The van der Waals surface area contributed by atoms with E-state index in [-0.39, 0.29) is 5.91 Å².